The third-order valence-electron chi connectivity index (χ3n) is 4.25. The standard InChI is InChI=1S/C17H16N4O2/c1-12-16(19-11-23-12)17(22)21-10-15-18-7-8-20(15)9-14(21)13-5-3-2-4-6-13/h2-8,11,14H,9-10H2,1H3. The summed E-state index contributed by atoms with van der Waals surface area (Å²) in [5.74, 6) is 1.29. The van der Waals surface area contributed by atoms with E-state index in [9.17, 15) is 4.79 Å². The summed E-state index contributed by atoms with van der Waals surface area (Å²) in [5.41, 5.74) is 1.47. The first-order valence-corrected chi connectivity index (χ1v) is 7.50. The van der Waals surface area contributed by atoms with Crippen LogP contribution >= 0.6 is 0 Å². The molecule has 2 aromatic heterocycles. The molecule has 116 valence electrons. The number of carbonyl (C=O) groups is 1. The normalized spacial score (nSPS) is 17.1. The minimum absolute atomic E-state index is 0.0542. The molecule has 1 aliphatic rings. The van der Waals surface area contributed by atoms with E-state index in [2.05, 4.69) is 14.5 Å². The van der Waals surface area contributed by atoms with Crippen LogP contribution in [-0.4, -0.2) is 25.3 Å². The van der Waals surface area contributed by atoms with Gasteiger partial charge in [0, 0.05) is 18.9 Å². The summed E-state index contributed by atoms with van der Waals surface area (Å²) in [6.45, 7) is 2.89. The molecule has 23 heavy (non-hydrogen) atoms. The highest BCUT2D eigenvalue weighted by atomic mass is 16.3. The van der Waals surface area contributed by atoms with Crippen molar-refractivity contribution in [2.75, 3.05) is 0 Å². The minimum Gasteiger partial charge on any atom is -0.448 e. The molecule has 0 N–H and O–H groups in total. The van der Waals surface area contributed by atoms with Gasteiger partial charge in [-0.05, 0) is 12.5 Å². The quantitative estimate of drug-likeness (QED) is 0.730. The van der Waals surface area contributed by atoms with Gasteiger partial charge < -0.3 is 13.9 Å². The predicted molar refractivity (Wildman–Crippen MR) is 82.5 cm³/mol. The molecule has 3 aromatic rings. The van der Waals surface area contributed by atoms with E-state index in [1.807, 2.05) is 41.4 Å². The number of carbonyl (C=O) groups excluding carboxylic acids is 1. The molecular weight excluding hydrogens is 292 g/mol. The molecule has 6 heteroatoms. The number of hydrogen-bond donors (Lipinski definition) is 0. The van der Waals surface area contributed by atoms with Gasteiger partial charge in [0.15, 0.2) is 12.1 Å². The number of oxazole rings is 1. The maximum absolute atomic E-state index is 13.0. The summed E-state index contributed by atoms with van der Waals surface area (Å²) in [7, 11) is 0. The molecule has 4 rings (SSSR count). The molecule has 0 saturated carbocycles. The van der Waals surface area contributed by atoms with Crippen LogP contribution in [0.5, 0.6) is 0 Å². The molecule has 1 unspecified atom stereocenters. The third-order valence-corrected chi connectivity index (χ3v) is 4.25. The van der Waals surface area contributed by atoms with Gasteiger partial charge in [-0.1, -0.05) is 30.3 Å². The van der Waals surface area contributed by atoms with Gasteiger partial charge in [-0.25, -0.2) is 9.97 Å². The molecule has 0 radical (unpaired) electrons. The SMILES string of the molecule is Cc1ocnc1C(=O)N1Cc2nccn2CC1c1ccccc1. The molecule has 1 aliphatic heterocycles. The number of hydrogen-bond acceptors (Lipinski definition) is 4. The highest BCUT2D eigenvalue weighted by Gasteiger charge is 2.33. The molecule has 1 aromatic carbocycles. The van der Waals surface area contributed by atoms with Gasteiger partial charge in [0.1, 0.15) is 11.6 Å². The van der Waals surface area contributed by atoms with Crippen molar-refractivity contribution in [2.24, 2.45) is 0 Å². The fraction of sp³-hybridized carbons (Fsp3) is 0.235. The van der Waals surface area contributed by atoms with E-state index in [0.717, 1.165) is 11.4 Å². The van der Waals surface area contributed by atoms with Crippen LogP contribution in [-0.2, 0) is 13.1 Å². The summed E-state index contributed by atoms with van der Waals surface area (Å²) < 4.78 is 7.29. The molecule has 0 spiro atoms. The molecule has 1 atom stereocenters. The zero-order valence-electron chi connectivity index (χ0n) is 12.7. The Bertz CT molecular complexity index is 837. The number of amides is 1. The van der Waals surface area contributed by atoms with Crippen molar-refractivity contribution in [1.82, 2.24) is 19.4 Å². The molecule has 0 aliphatic carbocycles. The molecule has 0 saturated heterocycles. The maximum atomic E-state index is 13.0. The first-order valence-electron chi connectivity index (χ1n) is 7.50. The van der Waals surface area contributed by atoms with E-state index in [1.54, 1.807) is 13.1 Å². The van der Waals surface area contributed by atoms with Gasteiger partial charge in [-0.15, -0.1) is 0 Å². The zero-order valence-corrected chi connectivity index (χ0v) is 12.7. The van der Waals surface area contributed by atoms with Crippen molar-refractivity contribution in [3.05, 3.63) is 72.0 Å². The topological polar surface area (TPSA) is 64.2 Å². The second-order valence-corrected chi connectivity index (χ2v) is 5.61. The van der Waals surface area contributed by atoms with E-state index in [-0.39, 0.29) is 11.9 Å². The summed E-state index contributed by atoms with van der Waals surface area (Å²) in [6, 6.07) is 9.99. The second kappa shape index (κ2) is 5.39. The lowest BCUT2D eigenvalue weighted by molar-refractivity contribution is 0.0577. The van der Waals surface area contributed by atoms with Crippen molar-refractivity contribution in [1.29, 1.82) is 0 Å². The van der Waals surface area contributed by atoms with Gasteiger partial charge in [0.05, 0.1) is 12.6 Å². The lowest BCUT2D eigenvalue weighted by Gasteiger charge is -2.36. The first kappa shape index (κ1) is 13.8. The number of aromatic nitrogens is 3. The lowest BCUT2D eigenvalue weighted by Crippen LogP contribution is -2.41. The van der Waals surface area contributed by atoms with Gasteiger partial charge >= 0.3 is 0 Å². The zero-order chi connectivity index (χ0) is 15.8. The fourth-order valence-electron chi connectivity index (χ4n) is 3.03. The van der Waals surface area contributed by atoms with Gasteiger partial charge in [-0.2, -0.15) is 0 Å². The van der Waals surface area contributed by atoms with E-state index < -0.39 is 0 Å². The Morgan fingerprint density at radius 2 is 2.09 bits per heavy atom. The van der Waals surface area contributed by atoms with Crippen molar-refractivity contribution in [2.45, 2.75) is 26.1 Å². The Kier molecular flexibility index (Phi) is 3.22. The lowest BCUT2D eigenvalue weighted by atomic mass is 10.0. The number of nitrogens with zero attached hydrogens (tertiary/aromatic N) is 4. The van der Waals surface area contributed by atoms with E-state index in [1.165, 1.54) is 6.39 Å². The summed E-state index contributed by atoms with van der Waals surface area (Å²) in [5, 5.41) is 0. The number of aryl methyl sites for hydroxylation is 1. The summed E-state index contributed by atoms with van der Waals surface area (Å²) in [4.78, 5) is 23.2. The van der Waals surface area contributed by atoms with E-state index in [0.29, 0.717) is 24.5 Å². The average Bonchev–Trinajstić information content (AvgIpc) is 3.22. The Morgan fingerprint density at radius 3 is 2.83 bits per heavy atom. The van der Waals surface area contributed by atoms with E-state index in [4.69, 9.17) is 4.42 Å². The second-order valence-electron chi connectivity index (χ2n) is 5.61. The Balaban J connectivity index is 1.75. The van der Waals surface area contributed by atoms with Crippen molar-refractivity contribution >= 4 is 5.91 Å². The van der Waals surface area contributed by atoms with Crippen molar-refractivity contribution in [3.8, 4) is 0 Å². The Hall–Kier alpha value is -2.89. The molecule has 0 bridgehead atoms. The number of imidazole rings is 1. The van der Waals surface area contributed by atoms with Crippen LogP contribution in [0.3, 0.4) is 0 Å². The first-order chi connectivity index (χ1) is 11.2. The fourth-order valence-corrected chi connectivity index (χ4v) is 3.03. The Morgan fingerprint density at radius 1 is 1.26 bits per heavy atom. The number of benzene rings is 1. The number of fused-ring (bicyclic) bond motifs is 1. The van der Waals surface area contributed by atoms with Crippen molar-refractivity contribution < 1.29 is 9.21 Å². The Labute approximate surface area is 133 Å². The van der Waals surface area contributed by atoms with Crippen LogP contribution in [0.1, 0.15) is 33.7 Å². The molecule has 3 heterocycles. The molecule has 0 fully saturated rings. The maximum Gasteiger partial charge on any atom is 0.277 e. The van der Waals surface area contributed by atoms with Crippen LogP contribution in [0, 0.1) is 6.92 Å². The largest absolute Gasteiger partial charge is 0.448 e. The number of rotatable bonds is 2. The van der Waals surface area contributed by atoms with Crippen molar-refractivity contribution in [3.63, 3.8) is 0 Å². The molecule has 1 amide bonds. The van der Waals surface area contributed by atoms with Crippen LogP contribution in [0.4, 0.5) is 0 Å². The highest BCUT2D eigenvalue weighted by Crippen LogP contribution is 2.30. The van der Waals surface area contributed by atoms with Gasteiger partial charge in [0.2, 0.25) is 0 Å². The molecular formula is C17H16N4O2. The summed E-state index contributed by atoms with van der Waals surface area (Å²) >= 11 is 0. The van der Waals surface area contributed by atoms with Crippen LogP contribution < -0.4 is 0 Å². The summed E-state index contributed by atoms with van der Waals surface area (Å²) in [6.07, 6.45) is 5.03. The highest BCUT2D eigenvalue weighted by molar-refractivity contribution is 5.93. The van der Waals surface area contributed by atoms with Crippen LogP contribution in [0.2, 0.25) is 0 Å². The average molecular weight is 308 g/mol. The van der Waals surface area contributed by atoms with E-state index >= 15 is 0 Å². The smallest absolute Gasteiger partial charge is 0.277 e. The molecule has 6 nitrogen and oxygen atoms in total. The predicted octanol–water partition coefficient (Wildman–Crippen LogP) is 2.58. The van der Waals surface area contributed by atoms with Gasteiger partial charge in [0.25, 0.3) is 5.91 Å². The minimum atomic E-state index is -0.126. The van der Waals surface area contributed by atoms with Gasteiger partial charge in [-0.3, -0.25) is 4.79 Å². The van der Waals surface area contributed by atoms with Crippen LogP contribution in [0.25, 0.3) is 0 Å². The third kappa shape index (κ3) is 2.32. The van der Waals surface area contributed by atoms with Crippen LogP contribution in [0.15, 0.2) is 53.5 Å². The monoisotopic (exact) mass is 308 g/mol.